The molecular weight excluding hydrogens is 470 g/mol. The SMILES string of the molecule is CCCCCC1CCC(c2ccc(-c3ccc(C4CCC(CCCN(C)SOC)CC4)cc3)cc2)CC1. The van der Waals surface area contributed by atoms with E-state index in [1.54, 1.807) is 18.2 Å². The summed E-state index contributed by atoms with van der Waals surface area (Å²) in [5, 5.41) is 0. The van der Waals surface area contributed by atoms with Crippen LogP contribution in [0.2, 0.25) is 0 Å². The molecule has 0 amide bonds. The van der Waals surface area contributed by atoms with Crippen molar-refractivity contribution in [2.45, 2.75) is 109 Å². The Bertz CT molecular complexity index is 879. The van der Waals surface area contributed by atoms with E-state index in [1.165, 1.54) is 113 Å². The van der Waals surface area contributed by atoms with Gasteiger partial charge in [0.05, 0.1) is 19.3 Å². The van der Waals surface area contributed by atoms with E-state index in [9.17, 15) is 0 Å². The number of nitrogens with zero attached hydrogens (tertiary/aromatic N) is 1. The molecule has 0 atom stereocenters. The highest BCUT2D eigenvalue weighted by Crippen LogP contribution is 2.40. The van der Waals surface area contributed by atoms with Gasteiger partial charge in [0.1, 0.15) is 0 Å². The summed E-state index contributed by atoms with van der Waals surface area (Å²) in [5.41, 5.74) is 5.84. The van der Waals surface area contributed by atoms with Crippen LogP contribution >= 0.6 is 12.2 Å². The maximum atomic E-state index is 5.13. The summed E-state index contributed by atoms with van der Waals surface area (Å²) in [5.74, 6) is 3.42. The lowest BCUT2D eigenvalue weighted by Crippen LogP contribution is -2.16. The summed E-state index contributed by atoms with van der Waals surface area (Å²) >= 11 is 1.46. The van der Waals surface area contributed by atoms with Gasteiger partial charge >= 0.3 is 0 Å². The van der Waals surface area contributed by atoms with E-state index in [2.05, 4.69) is 66.8 Å². The zero-order valence-electron chi connectivity index (χ0n) is 23.8. The van der Waals surface area contributed by atoms with Crippen LogP contribution in [-0.2, 0) is 4.18 Å². The van der Waals surface area contributed by atoms with Gasteiger partial charge in [-0.2, -0.15) is 0 Å². The second-order valence-corrected chi connectivity index (χ2v) is 13.0. The van der Waals surface area contributed by atoms with Crippen molar-refractivity contribution in [1.82, 2.24) is 4.31 Å². The largest absolute Gasteiger partial charge is 0.304 e. The lowest BCUT2D eigenvalue weighted by Gasteiger charge is -2.29. The van der Waals surface area contributed by atoms with Gasteiger partial charge in [-0.3, -0.25) is 0 Å². The molecule has 0 aromatic heterocycles. The molecule has 0 bridgehead atoms. The van der Waals surface area contributed by atoms with Crippen molar-refractivity contribution < 1.29 is 4.18 Å². The molecule has 2 aliphatic carbocycles. The monoisotopic (exact) mass is 521 g/mol. The smallest absolute Gasteiger partial charge is 0.0813 e. The summed E-state index contributed by atoms with van der Waals surface area (Å²) < 4.78 is 7.33. The molecule has 2 fully saturated rings. The number of hydrogen-bond acceptors (Lipinski definition) is 3. The maximum absolute atomic E-state index is 5.13. The van der Waals surface area contributed by atoms with Crippen molar-refractivity contribution in [3.8, 4) is 11.1 Å². The molecule has 0 aliphatic heterocycles. The van der Waals surface area contributed by atoms with Crippen molar-refractivity contribution in [3.05, 3.63) is 59.7 Å². The molecule has 2 nitrogen and oxygen atoms in total. The van der Waals surface area contributed by atoms with Crippen molar-refractivity contribution in [2.24, 2.45) is 11.8 Å². The van der Waals surface area contributed by atoms with Gasteiger partial charge < -0.3 is 4.18 Å². The predicted octanol–water partition coefficient (Wildman–Crippen LogP) is 10.4. The van der Waals surface area contributed by atoms with Gasteiger partial charge in [-0.15, -0.1) is 0 Å². The minimum Gasteiger partial charge on any atom is -0.304 e. The van der Waals surface area contributed by atoms with E-state index in [-0.39, 0.29) is 0 Å². The van der Waals surface area contributed by atoms with Crippen molar-refractivity contribution in [3.63, 3.8) is 0 Å². The zero-order chi connectivity index (χ0) is 25.9. The van der Waals surface area contributed by atoms with E-state index >= 15 is 0 Å². The van der Waals surface area contributed by atoms with Crippen LogP contribution < -0.4 is 0 Å². The molecular formula is C34H51NOS. The third-order valence-corrected chi connectivity index (χ3v) is 9.88. The van der Waals surface area contributed by atoms with Gasteiger partial charge in [-0.1, -0.05) is 81.1 Å². The second-order valence-electron chi connectivity index (χ2n) is 11.9. The zero-order valence-corrected chi connectivity index (χ0v) is 24.6. The number of unbranched alkanes of at least 4 members (excludes halogenated alkanes) is 2. The number of rotatable bonds is 13. The highest BCUT2D eigenvalue weighted by atomic mass is 32.2. The highest BCUT2D eigenvalue weighted by molar-refractivity contribution is 7.92. The maximum Gasteiger partial charge on any atom is 0.0813 e. The quantitative estimate of drug-likeness (QED) is 0.148. The molecule has 0 radical (unpaired) electrons. The Morgan fingerprint density at radius 2 is 1.14 bits per heavy atom. The van der Waals surface area contributed by atoms with E-state index in [1.807, 2.05) is 0 Å². The Morgan fingerprint density at radius 3 is 1.57 bits per heavy atom. The molecule has 2 aromatic rings. The van der Waals surface area contributed by atoms with Crippen molar-refractivity contribution >= 4 is 12.2 Å². The van der Waals surface area contributed by atoms with Crippen LogP contribution in [0.5, 0.6) is 0 Å². The summed E-state index contributed by atoms with van der Waals surface area (Å²) in [6, 6.07) is 19.1. The molecule has 204 valence electrons. The predicted molar refractivity (Wildman–Crippen MR) is 162 cm³/mol. The van der Waals surface area contributed by atoms with Crippen LogP contribution in [0.4, 0.5) is 0 Å². The van der Waals surface area contributed by atoms with Gasteiger partial charge in [-0.25, -0.2) is 4.31 Å². The Morgan fingerprint density at radius 1 is 0.676 bits per heavy atom. The molecule has 2 saturated carbocycles. The van der Waals surface area contributed by atoms with Crippen LogP contribution in [0.25, 0.3) is 11.1 Å². The Kier molecular flexibility index (Phi) is 11.9. The fraction of sp³-hybridized carbons (Fsp3) is 0.647. The van der Waals surface area contributed by atoms with Crippen molar-refractivity contribution in [2.75, 3.05) is 20.7 Å². The molecule has 2 aliphatic rings. The minimum atomic E-state index is 0.747. The van der Waals surface area contributed by atoms with E-state index < -0.39 is 0 Å². The lowest BCUT2D eigenvalue weighted by atomic mass is 9.76. The van der Waals surface area contributed by atoms with Crippen LogP contribution in [0.1, 0.15) is 120 Å². The van der Waals surface area contributed by atoms with Gasteiger partial charge in [-0.05, 0) is 117 Å². The molecule has 3 heteroatoms. The first-order valence-corrected chi connectivity index (χ1v) is 16.0. The summed E-state index contributed by atoms with van der Waals surface area (Å²) in [6.07, 6.45) is 19.4. The molecule has 2 aromatic carbocycles. The molecule has 0 N–H and O–H groups in total. The summed E-state index contributed by atoms with van der Waals surface area (Å²) in [7, 11) is 3.86. The van der Waals surface area contributed by atoms with Crippen LogP contribution in [0.3, 0.4) is 0 Å². The number of hydrogen-bond donors (Lipinski definition) is 0. The Hall–Kier alpha value is -1.29. The van der Waals surface area contributed by atoms with E-state index in [4.69, 9.17) is 4.18 Å². The van der Waals surface area contributed by atoms with Gasteiger partial charge in [0.2, 0.25) is 0 Å². The standard InChI is InChI=1S/C34H51NOS/c1-4-5-6-8-27-10-14-29(15-11-27)31-18-22-33(23-19-31)34-24-20-32(21-25-34)30-16-12-28(13-17-30)9-7-26-35(2)37-36-3/h18-25,27-30H,4-17,26H2,1-3H3. The molecule has 0 spiro atoms. The third kappa shape index (κ3) is 8.87. The first kappa shape index (κ1) is 28.7. The molecule has 37 heavy (non-hydrogen) atoms. The van der Waals surface area contributed by atoms with E-state index in [0.29, 0.717) is 0 Å². The fourth-order valence-corrected chi connectivity index (χ4v) is 7.37. The fourth-order valence-electron chi connectivity index (χ4n) is 6.91. The van der Waals surface area contributed by atoms with Crippen LogP contribution in [0.15, 0.2) is 48.5 Å². The topological polar surface area (TPSA) is 12.5 Å². The van der Waals surface area contributed by atoms with Crippen LogP contribution in [-0.4, -0.2) is 25.0 Å². The Labute approximate surface area is 232 Å². The number of benzene rings is 2. The van der Waals surface area contributed by atoms with Gasteiger partial charge in [0.15, 0.2) is 0 Å². The molecule has 0 unspecified atom stereocenters. The normalized spacial score (nSPS) is 24.4. The Balaban J connectivity index is 1.21. The average molecular weight is 522 g/mol. The second kappa shape index (κ2) is 15.3. The summed E-state index contributed by atoms with van der Waals surface area (Å²) in [4.78, 5) is 0. The molecule has 0 saturated heterocycles. The molecule has 0 heterocycles. The van der Waals surface area contributed by atoms with Gasteiger partial charge in [0, 0.05) is 6.54 Å². The molecule has 4 rings (SSSR count). The average Bonchev–Trinajstić information content (AvgIpc) is 2.94. The first-order valence-electron chi connectivity index (χ1n) is 15.3. The lowest BCUT2D eigenvalue weighted by molar-refractivity contribution is 0.297. The third-order valence-electron chi connectivity index (χ3n) is 9.29. The summed E-state index contributed by atoms with van der Waals surface area (Å²) in [6.45, 7) is 3.42. The van der Waals surface area contributed by atoms with Gasteiger partial charge in [0.25, 0.3) is 0 Å². The highest BCUT2D eigenvalue weighted by Gasteiger charge is 2.23. The van der Waals surface area contributed by atoms with Crippen molar-refractivity contribution in [1.29, 1.82) is 0 Å². The van der Waals surface area contributed by atoms with E-state index in [0.717, 1.165) is 30.2 Å². The van der Waals surface area contributed by atoms with Crippen LogP contribution in [0, 0.1) is 11.8 Å². The minimum absolute atomic E-state index is 0.747. The first-order chi connectivity index (χ1) is 18.2.